The molecule has 1 amide bonds. The zero-order valence-electron chi connectivity index (χ0n) is 14.8. The minimum atomic E-state index is -0.438. The molecular formula is C19H14Cl2N2O4S. The Bertz CT molecular complexity index is 1020. The summed E-state index contributed by atoms with van der Waals surface area (Å²) < 4.78 is 4.66. The van der Waals surface area contributed by atoms with Gasteiger partial charge < -0.3 is 9.84 Å². The van der Waals surface area contributed by atoms with E-state index in [0.29, 0.717) is 31.9 Å². The number of aromatic hydroxyl groups is 1. The molecule has 0 radical (unpaired) electrons. The number of phenols is 1. The van der Waals surface area contributed by atoms with E-state index in [1.54, 1.807) is 31.3 Å². The highest BCUT2D eigenvalue weighted by atomic mass is 35.5. The quantitative estimate of drug-likeness (QED) is 0.556. The van der Waals surface area contributed by atoms with Crippen molar-refractivity contribution >= 4 is 63.8 Å². The van der Waals surface area contributed by atoms with Crippen LogP contribution in [0.25, 0.3) is 6.08 Å². The summed E-state index contributed by atoms with van der Waals surface area (Å²) in [5.41, 5.74) is 1.32. The number of hydrogen-bond donors (Lipinski definition) is 1. The molecule has 0 aromatic heterocycles. The molecule has 144 valence electrons. The fourth-order valence-electron chi connectivity index (χ4n) is 2.39. The third kappa shape index (κ3) is 4.16. The number of nitrogens with zero attached hydrogens (tertiary/aromatic N) is 2. The van der Waals surface area contributed by atoms with E-state index in [-0.39, 0.29) is 16.7 Å². The third-order valence-corrected chi connectivity index (χ3v) is 5.43. The number of amides is 1. The highest BCUT2D eigenvalue weighted by Gasteiger charge is 2.30. The second kappa shape index (κ2) is 8.26. The standard InChI is InChI=1S/C19H14Cl2N2O4S/c1-23-17(25)15(8-11-7-12(20)9-14(21)16(11)24)28-19(23)22-13-5-3-10(4-6-13)18(26)27-2/h3-9,24H,1-2H3. The number of carbonyl (C=O) groups is 2. The van der Waals surface area contributed by atoms with Crippen molar-refractivity contribution in [1.29, 1.82) is 0 Å². The minimum absolute atomic E-state index is 0.0998. The molecule has 3 rings (SSSR count). The van der Waals surface area contributed by atoms with Gasteiger partial charge in [0.2, 0.25) is 0 Å². The predicted molar refractivity (Wildman–Crippen MR) is 111 cm³/mol. The smallest absolute Gasteiger partial charge is 0.337 e. The number of methoxy groups -OCH3 is 1. The predicted octanol–water partition coefficient (Wildman–Crippen LogP) is 4.72. The van der Waals surface area contributed by atoms with Gasteiger partial charge in [-0.2, -0.15) is 0 Å². The van der Waals surface area contributed by atoms with Crippen LogP contribution in [0.15, 0.2) is 46.3 Å². The molecule has 1 aliphatic rings. The van der Waals surface area contributed by atoms with Crippen LogP contribution in [0.1, 0.15) is 15.9 Å². The first kappa shape index (κ1) is 20.3. The van der Waals surface area contributed by atoms with Gasteiger partial charge in [0.1, 0.15) is 5.75 Å². The molecule has 2 aromatic carbocycles. The van der Waals surface area contributed by atoms with Gasteiger partial charge in [0.05, 0.1) is 28.3 Å². The molecule has 1 N–H and O–H groups in total. The largest absolute Gasteiger partial charge is 0.506 e. The second-order valence-corrected chi connectivity index (χ2v) is 7.59. The van der Waals surface area contributed by atoms with Crippen molar-refractivity contribution in [3.05, 3.63) is 62.5 Å². The molecule has 0 bridgehead atoms. The lowest BCUT2D eigenvalue weighted by molar-refractivity contribution is -0.121. The van der Waals surface area contributed by atoms with Crippen LogP contribution in [0.3, 0.4) is 0 Å². The van der Waals surface area contributed by atoms with E-state index in [9.17, 15) is 14.7 Å². The molecule has 0 unspecified atom stereocenters. The summed E-state index contributed by atoms with van der Waals surface area (Å²) in [4.78, 5) is 30.2. The lowest BCUT2D eigenvalue weighted by Gasteiger charge is -2.07. The van der Waals surface area contributed by atoms with Crippen LogP contribution in [0.5, 0.6) is 5.75 Å². The lowest BCUT2D eigenvalue weighted by Crippen LogP contribution is -2.23. The highest BCUT2D eigenvalue weighted by molar-refractivity contribution is 8.18. The Morgan fingerprint density at radius 1 is 1.25 bits per heavy atom. The van der Waals surface area contributed by atoms with Gasteiger partial charge in [0, 0.05) is 17.6 Å². The van der Waals surface area contributed by atoms with Gasteiger partial charge in [0.15, 0.2) is 5.17 Å². The van der Waals surface area contributed by atoms with E-state index in [2.05, 4.69) is 9.73 Å². The normalized spacial score (nSPS) is 16.9. The van der Waals surface area contributed by atoms with E-state index in [1.807, 2.05) is 0 Å². The Hall–Kier alpha value is -2.48. The third-order valence-electron chi connectivity index (χ3n) is 3.86. The molecule has 0 spiro atoms. The first-order chi connectivity index (χ1) is 13.3. The van der Waals surface area contributed by atoms with Crippen molar-refractivity contribution in [2.45, 2.75) is 0 Å². The topological polar surface area (TPSA) is 79.2 Å². The SMILES string of the molecule is COC(=O)c1ccc(N=C2SC(=Cc3cc(Cl)cc(Cl)c3O)C(=O)N2C)cc1. The Kier molecular flexibility index (Phi) is 5.98. The van der Waals surface area contributed by atoms with Gasteiger partial charge in [-0.05, 0) is 54.2 Å². The molecule has 1 fully saturated rings. The number of phenolic OH excluding ortho intramolecular Hbond substituents is 1. The maximum absolute atomic E-state index is 12.5. The summed E-state index contributed by atoms with van der Waals surface area (Å²) in [6.07, 6.45) is 1.51. The van der Waals surface area contributed by atoms with Crippen LogP contribution in [0.2, 0.25) is 10.0 Å². The van der Waals surface area contributed by atoms with Crippen molar-refractivity contribution in [1.82, 2.24) is 4.90 Å². The molecular weight excluding hydrogens is 423 g/mol. The van der Waals surface area contributed by atoms with E-state index in [1.165, 1.54) is 30.2 Å². The molecule has 6 nitrogen and oxygen atoms in total. The average Bonchev–Trinajstić information content (AvgIpc) is 2.93. The van der Waals surface area contributed by atoms with Gasteiger partial charge in [-0.25, -0.2) is 9.79 Å². The van der Waals surface area contributed by atoms with Gasteiger partial charge in [-0.3, -0.25) is 9.69 Å². The van der Waals surface area contributed by atoms with Crippen LogP contribution in [-0.4, -0.2) is 41.2 Å². The molecule has 2 aromatic rings. The maximum atomic E-state index is 12.5. The van der Waals surface area contributed by atoms with Gasteiger partial charge in [-0.15, -0.1) is 0 Å². The highest BCUT2D eigenvalue weighted by Crippen LogP contribution is 2.37. The zero-order chi connectivity index (χ0) is 20.4. The van der Waals surface area contributed by atoms with Gasteiger partial charge >= 0.3 is 5.97 Å². The Morgan fingerprint density at radius 3 is 2.57 bits per heavy atom. The number of halogens is 2. The van der Waals surface area contributed by atoms with E-state index in [4.69, 9.17) is 23.2 Å². The molecule has 0 aliphatic carbocycles. The summed E-state index contributed by atoms with van der Waals surface area (Å²) in [6.45, 7) is 0. The molecule has 9 heteroatoms. The van der Waals surface area contributed by atoms with Gasteiger partial charge in [0.25, 0.3) is 5.91 Å². The second-order valence-electron chi connectivity index (χ2n) is 5.73. The Morgan fingerprint density at radius 2 is 1.93 bits per heavy atom. The first-order valence-corrected chi connectivity index (χ1v) is 9.50. The van der Waals surface area contributed by atoms with Crippen LogP contribution in [-0.2, 0) is 9.53 Å². The summed E-state index contributed by atoms with van der Waals surface area (Å²) in [7, 11) is 2.91. The monoisotopic (exact) mass is 436 g/mol. The van der Waals surface area contributed by atoms with Crippen molar-refractivity contribution < 1.29 is 19.4 Å². The van der Waals surface area contributed by atoms with Gasteiger partial charge in [-0.1, -0.05) is 23.2 Å². The van der Waals surface area contributed by atoms with E-state index >= 15 is 0 Å². The number of esters is 1. The molecule has 1 saturated heterocycles. The van der Waals surface area contributed by atoms with Crippen molar-refractivity contribution in [2.24, 2.45) is 4.99 Å². The average molecular weight is 437 g/mol. The maximum Gasteiger partial charge on any atom is 0.337 e. The van der Waals surface area contributed by atoms with E-state index in [0.717, 1.165) is 11.8 Å². The minimum Gasteiger partial charge on any atom is -0.506 e. The number of aliphatic imine (C=N–C) groups is 1. The van der Waals surface area contributed by atoms with Crippen molar-refractivity contribution in [2.75, 3.05) is 14.2 Å². The van der Waals surface area contributed by atoms with Crippen LogP contribution in [0.4, 0.5) is 5.69 Å². The van der Waals surface area contributed by atoms with Crippen molar-refractivity contribution in [3.8, 4) is 5.75 Å². The molecule has 1 aliphatic heterocycles. The number of benzene rings is 2. The zero-order valence-corrected chi connectivity index (χ0v) is 17.1. The summed E-state index contributed by atoms with van der Waals surface area (Å²) >= 11 is 13.0. The van der Waals surface area contributed by atoms with Crippen LogP contribution in [0, 0.1) is 0 Å². The number of carbonyl (C=O) groups excluding carboxylic acids is 2. The summed E-state index contributed by atoms with van der Waals surface area (Å²) in [5, 5.41) is 11.0. The summed E-state index contributed by atoms with van der Waals surface area (Å²) in [5.74, 6) is -0.865. The Balaban J connectivity index is 1.89. The number of rotatable bonds is 3. The molecule has 1 heterocycles. The fraction of sp³-hybridized carbons (Fsp3) is 0.105. The lowest BCUT2D eigenvalue weighted by atomic mass is 10.2. The van der Waals surface area contributed by atoms with Crippen molar-refractivity contribution in [3.63, 3.8) is 0 Å². The summed E-state index contributed by atoms with van der Waals surface area (Å²) in [6, 6.07) is 9.43. The number of hydrogen-bond acceptors (Lipinski definition) is 6. The molecule has 28 heavy (non-hydrogen) atoms. The number of likely N-dealkylation sites (N-methyl/N-ethyl adjacent to an activating group) is 1. The number of ether oxygens (including phenoxy) is 1. The first-order valence-electron chi connectivity index (χ1n) is 7.93. The number of amidine groups is 1. The van der Waals surface area contributed by atoms with E-state index < -0.39 is 5.97 Å². The number of thioether (sulfide) groups is 1. The fourth-order valence-corrected chi connectivity index (χ4v) is 3.88. The van der Waals surface area contributed by atoms with Crippen LogP contribution >= 0.6 is 35.0 Å². The molecule has 0 saturated carbocycles. The Labute approximate surface area is 175 Å². The van der Waals surface area contributed by atoms with Crippen LogP contribution < -0.4 is 0 Å². The molecule has 0 atom stereocenters.